The number of phenols is 1. The van der Waals surface area contributed by atoms with E-state index in [2.05, 4.69) is 0 Å². The fraction of sp³-hybridized carbons (Fsp3) is 0.0833. The zero-order valence-electron chi connectivity index (χ0n) is 8.19. The number of aryl methyl sites for hydroxylation is 1. The Hall–Kier alpha value is -2.03. The summed E-state index contributed by atoms with van der Waals surface area (Å²) < 4.78 is 0. The van der Waals surface area contributed by atoms with Crippen molar-refractivity contribution in [3.05, 3.63) is 41.5 Å². The van der Waals surface area contributed by atoms with Gasteiger partial charge >= 0.3 is 5.97 Å². The first-order valence-electron chi connectivity index (χ1n) is 4.56. The van der Waals surface area contributed by atoms with E-state index in [-0.39, 0.29) is 11.3 Å². The molecule has 3 heteroatoms. The van der Waals surface area contributed by atoms with Gasteiger partial charge in [-0.2, -0.15) is 0 Å². The first-order chi connectivity index (χ1) is 7.11. The molecule has 0 fully saturated rings. The third kappa shape index (κ3) is 1.42. The molecule has 15 heavy (non-hydrogen) atoms. The molecule has 0 heterocycles. The lowest BCUT2D eigenvalue weighted by Crippen LogP contribution is -1.99. The Bertz CT molecular complexity index is 544. The first-order valence-corrected chi connectivity index (χ1v) is 4.56. The van der Waals surface area contributed by atoms with Crippen LogP contribution in [-0.4, -0.2) is 16.2 Å². The molecule has 2 aromatic carbocycles. The van der Waals surface area contributed by atoms with Gasteiger partial charge in [-0.05, 0) is 36.1 Å². The van der Waals surface area contributed by atoms with Gasteiger partial charge in [-0.25, -0.2) is 4.79 Å². The molecule has 0 saturated carbocycles. The van der Waals surface area contributed by atoms with Crippen LogP contribution in [0, 0.1) is 6.92 Å². The molecule has 0 aliphatic heterocycles. The highest BCUT2D eigenvalue weighted by Gasteiger charge is 2.10. The fourth-order valence-corrected chi connectivity index (χ4v) is 1.72. The number of hydrogen-bond acceptors (Lipinski definition) is 2. The Morgan fingerprint density at radius 2 is 1.87 bits per heavy atom. The van der Waals surface area contributed by atoms with Crippen molar-refractivity contribution in [2.75, 3.05) is 0 Å². The zero-order chi connectivity index (χ0) is 11.0. The predicted octanol–water partition coefficient (Wildman–Crippen LogP) is 2.55. The van der Waals surface area contributed by atoms with Crippen LogP contribution in [0.5, 0.6) is 5.75 Å². The van der Waals surface area contributed by atoms with Crippen LogP contribution in [0.4, 0.5) is 0 Å². The van der Waals surface area contributed by atoms with Gasteiger partial charge in [0, 0.05) is 5.39 Å². The Labute approximate surface area is 86.6 Å². The second-order valence-corrected chi connectivity index (χ2v) is 3.42. The number of carbonyl (C=O) groups is 1. The van der Waals surface area contributed by atoms with E-state index in [0.29, 0.717) is 10.9 Å². The molecule has 2 rings (SSSR count). The molecular formula is C12H10O3. The number of carboxylic acid groups (broad SMARTS) is 1. The molecule has 2 aromatic rings. The van der Waals surface area contributed by atoms with Crippen molar-refractivity contribution < 1.29 is 15.0 Å². The van der Waals surface area contributed by atoms with E-state index in [1.807, 2.05) is 0 Å². The van der Waals surface area contributed by atoms with Crippen molar-refractivity contribution in [1.29, 1.82) is 0 Å². The Morgan fingerprint density at radius 1 is 1.13 bits per heavy atom. The summed E-state index contributed by atoms with van der Waals surface area (Å²) in [7, 11) is 0. The Morgan fingerprint density at radius 3 is 2.53 bits per heavy atom. The highest BCUT2D eigenvalue weighted by molar-refractivity contribution is 5.99. The van der Waals surface area contributed by atoms with Gasteiger partial charge in [-0.3, -0.25) is 0 Å². The van der Waals surface area contributed by atoms with Crippen LogP contribution in [0.15, 0.2) is 30.3 Å². The molecule has 2 N–H and O–H groups in total. The summed E-state index contributed by atoms with van der Waals surface area (Å²) in [5, 5.41) is 20.0. The maximum atomic E-state index is 10.9. The van der Waals surface area contributed by atoms with Crippen molar-refractivity contribution in [1.82, 2.24) is 0 Å². The summed E-state index contributed by atoms with van der Waals surface area (Å²) >= 11 is 0. The Balaban J connectivity index is 2.86. The maximum Gasteiger partial charge on any atom is 0.335 e. The van der Waals surface area contributed by atoms with E-state index in [1.165, 1.54) is 6.07 Å². The predicted molar refractivity (Wildman–Crippen MR) is 57.3 cm³/mol. The van der Waals surface area contributed by atoms with Crippen molar-refractivity contribution >= 4 is 16.7 Å². The van der Waals surface area contributed by atoms with Crippen molar-refractivity contribution in [2.24, 2.45) is 0 Å². The molecule has 0 bridgehead atoms. The minimum atomic E-state index is -0.947. The average Bonchev–Trinajstić information content (AvgIpc) is 2.19. The second kappa shape index (κ2) is 3.28. The van der Waals surface area contributed by atoms with E-state index in [0.717, 1.165) is 5.39 Å². The van der Waals surface area contributed by atoms with Gasteiger partial charge in [0.1, 0.15) is 5.75 Å². The summed E-state index contributed by atoms with van der Waals surface area (Å²) in [5.74, 6) is -0.773. The third-order valence-electron chi connectivity index (χ3n) is 2.54. The summed E-state index contributed by atoms with van der Waals surface area (Å²) in [6.07, 6.45) is 0. The van der Waals surface area contributed by atoms with Gasteiger partial charge < -0.3 is 10.2 Å². The number of carboxylic acids is 1. The number of phenolic OH excluding ortho intramolecular Hbond substituents is 1. The van der Waals surface area contributed by atoms with Crippen LogP contribution < -0.4 is 0 Å². The standard InChI is InChI=1S/C12H10O3/c1-7-8-3-2-4-11(13)10(8)6-5-9(7)12(14)15/h2-6,13H,1H3,(H,14,15). The van der Waals surface area contributed by atoms with Gasteiger partial charge in [-0.1, -0.05) is 12.1 Å². The molecule has 0 amide bonds. The number of benzene rings is 2. The van der Waals surface area contributed by atoms with Crippen molar-refractivity contribution in [3.8, 4) is 5.75 Å². The normalized spacial score (nSPS) is 10.5. The molecule has 0 radical (unpaired) electrons. The lowest BCUT2D eigenvalue weighted by atomic mass is 10.00. The monoisotopic (exact) mass is 202 g/mol. The van der Waals surface area contributed by atoms with E-state index < -0.39 is 5.97 Å². The van der Waals surface area contributed by atoms with Crippen molar-refractivity contribution in [2.45, 2.75) is 6.92 Å². The number of fused-ring (bicyclic) bond motifs is 1. The summed E-state index contributed by atoms with van der Waals surface area (Å²) in [6.45, 7) is 1.74. The minimum absolute atomic E-state index is 0.174. The van der Waals surface area contributed by atoms with Crippen LogP contribution >= 0.6 is 0 Å². The van der Waals surface area contributed by atoms with Gasteiger partial charge in [0.2, 0.25) is 0 Å². The minimum Gasteiger partial charge on any atom is -0.507 e. The molecule has 0 aliphatic rings. The van der Waals surface area contributed by atoms with E-state index in [9.17, 15) is 9.90 Å². The van der Waals surface area contributed by atoms with E-state index >= 15 is 0 Å². The summed E-state index contributed by atoms with van der Waals surface area (Å²) in [4.78, 5) is 10.9. The second-order valence-electron chi connectivity index (χ2n) is 3.42. The van der Waals surface area contributed by atoms with Gasteiger partial charge in [0.15, 0.2) is 0 Å². The lowest BCUT2D eigenvalue weighted by molar-refractivity contribution is 0.0696. The maximum absolute atomic E-state index is 10.9. The quantitative estimate of drug-likeness (QED) is 0.747. The number of aromatic carboxylic acids is 1. The zero-order valence-corrected chi connectivity index (χ0v) is 8.19. The summed E-state index contributed by atoms with van der Waals surface area (Å²) in [5.41, 5.74) is 0.948. The van der Waals surface area contributed by atoms with Crippen LogP contribution in [0.3, 0.4) is 0 Å². The lowest BCUT2D eigenvalue weighted by Gasteiger charge is -2.06. The van der Waals surface area contributed by atoms with Crippen LogP contribution in [-0.2, 0) is 0 Å². The molecule has 0 aliphatic carbocycles. The largest absolute Gasteiger partial charge is 0.507 e. The molecule has 3 nitrogen and oxygen atoms in total. The number of hydrogen-bond donors (Lipinski definition) is 2. The van der Waals surface area contributed by atoms with Gasteiger partial charge in [0.25, 0.3) is 0 Å². The van der Waals surface area contributed by atoms with Gasteiger partial charge in [0.05, 0.1) is 5.56 Å². The Kier molecular flexibility index (Phi) is 2.08. The first kappa shape index (κ1) is 9.52. The molecule has 0 atom stereocenters. The highest BCUT2D eigenvalue weighted by atomic mass is 16.4. The van der Waals surface area contributed by atoms with Crippen LogP contribution in [0.25, 0.3) is 10.8 Å². The topological polar surface area (TPSA) is 57.5 Å². The molecule has 0 aromatic heterocycles. The SMILES string of the molecule is Cc1c(C(=O)O)ccc2c(O)cccc12. The number of rotatable bonds is 1. The highest BCUT2D eigenvalue weighted by Crippen LogP contribution is 2.28. The number of aromatic hydroxyl groups is 1. The third-order valence-corrected chi connectivity index (χ3v) is 2.54. The summed E-state index contributed by atoms with van der Waals surface area (Å²) in [6, 6.07) is 8.23. The molecule has 0 unspecified atom stereocenters. The smallest absolute Gasteiger partial charge is 0.335 e. The molecule has 0 spiro atoms. The molecular weight excluding hydrogens is 192 g/mol. The van der Waals surface area contributed by atoms with E-state index in [1.54, 1.807) is 31.2 Å². The average molecular weight is 202 g/mol. The molecule has 0 saturated heterocycles. The van der Waals surface area contributed by atoms with Crippen LogP contribution in [0.2, 0.25) is 0 Å². The van der Waals surface area contributed by atoms with Gasteiger partial charge in [-0.15, -0.1) is 0 Å². The van der Waals surface area contributed by atoms with Crippen molar-refractivity contribution in [3.63, 3.8) is 0 Å². The fourth-order valence-electron chi connectivity index (χ4n) is 1.72. The molecule has 76 valence electrons. The van der Waals surface area contributed by atoms with Crippen LogP contribution in [0.1, 0.15) is 15.9 Å². The van der Waals surface area contributed by atoms with E-state index in [4.69, 9.17) is 5.11 Å².